The van der Waals surface area contributed by atoms with Gasteiger partial charge in [-0.05, 0) is 37.1 Å². The van der Waals surface area contributed by atoms with Crippen LogP contribution in [0.2, 0.25) is 0 Å². The molecule has 1 unspecified atom stereocenters. The number of nitrogens with two attached hydrogens (primary N) is 1. The summed E-state index contributed by atoms with van der Waals surface area (Å²) in [6, 6.07) is 4.85. The summed E-state index contributed by atoms with van der Waals surface area (Å²) in [4.78, 5) is 0. The van der Waals surface area contributed by atoms with E-state index in [9.17, 15) is 13.2 Å². The van der Waals surface area contributed by atoms with Gasteiger partial charge in [0.25, 0.3) is 0 Å². The summed E-state index contributed by atoms with van der Waals surface area (Å²) in [7, 11) is 0. The smallest absolute Gasteiger partial charge is 0.396 e. The van der Waals surface area contributed by atoms with Crippen molar-refractivity contribution in [2.75, 3.05) is 19.7 Å². The SMILES string of the molecule is NCC(NCCCCO)c1ccc(C(F)(F)F)cc1. The molecule has 0 aliphatic heterocycles. The first kappa shape index (κ1) is 15.9. The maximum atomic E-state index is 12.4. The van der Waals surface area contributed by atoms with Gasteiger partial charge in [-0.15, -0.1) is 0 Å². The van der Waals surface area contributed by atoms with Crippen molar-refractivity contribution in [3.8, 4) is 0 Å². The number of benzene rings is 1. The van der Waals surface area contributed by atoms with E-state index in [1.54, 1.807) is 0 Å². The molecule has 0 saturated heterocycles. The number of hydrogen-bond donors (Lipinski definition) is 3. The van der Waals surface area contributed by atoms with Crippen LogP contribution in [0.3, 0.4) is 0 Å². The zero-order valence-electron chi connectivity index (χ0n) is 10.6. The number of alkyl halides is 3. The van der Waals surface area contributed by atoms with Gasteiger partial charge < -0.3 is 16.2 Å². The van der Waals surface area contributed by atoms with Gasteiger partial charge in [0.1, 0.15) is 0 Å². The molecule has 0 saturated carbocycles. The lowest BCUT2D eigenvalue weighted by atomic mass is 10.0. The molecule has 4 N–H and O–H groups in total. The molecule has 0 spiro atoms. The highest BCUT2D eigenvalue weighted by Crippen LogP contribution is 2.29. The molecule has 1 aromatic carbocycles. The molecule has 108 valence electrons. The van der Waals surface area contributed by atoms with Gasteiger partial charge >= 0.3 is 6.18 Å². The van der Waals surface area contributed by atoms with Crippen LogP contribution in [0.5, 0.6) is 0 Å². The molecule has 0 fully saturated rings. The number of unbranched alkanes of at least 4 members (excludes halogenated alkanes) is 1. The zero-order valence-corrected chi connectivity index (χ0v) is 10.6. The number of rotatable bonds is 7. The van der Waals surface area contributed by atoms with Crippen LogP contribution >= 0.6 is 0 Å². The average Bonchev–Trinajstić information content (AvgIpc) is 2.38. The van der Waals surface area contributed by atoms with Crippen LogP contribution in [-0.4, -0.2) is 24.8 Å². The quantitative estimate of drug-likeness (QED) is 0.668. The van der Waals surface area contributed by atoms with Gasteiger partial charge in [-0.25, -0.2) is 0 Å². The first-order valence-electron chi connectivity index (χ1n) is 6.20. The van der Waals surface area contributed by atoms with Crippen molar-refractivity contribution in [2.24, 2.45) is 5.73 Å². The van der Waals surface area contributed by atoms with Gasteiger partial charge in [0.2, 0.25) is 0 Å². The van der Waals surface area contributed by atoms with Gasteiger partial charge in [-0.3, -0.25) is 0 Å². The van der Waals surface area contributed by atoms with Crippen LogP contribution in [0.25, 0.3) is 0 Å². The van der Waals surface area contributed by atoms with Crippen LogP contribution in [0.1, 0.15) is 30.0 Å². The molecule has 0 radical (unpaired) electrons. The Bertz CT molecular complexity index is 365. The predicted octanol–water partition coefficient (Wildman–Crippen LogP) is 2.07. The van der Waals surface area contributed by atoms with Gasteiger partial charge in [0.05, 0.1) is 5.56 Å². The Balaban J connectivity index is 2.61. The lowest BCUT2D eigenvalue weighted by Gasteiger charge is -2.18. The van der Waals surface area contributed by atoms with E-state index < -0.39 is 11.7 Å². The van der Waals surface area contributed by atoms with E-state index in [1.165, 1.54) is 12.1 Å². The van der Waals surface area contributed by atoms with Crippen molar-refractivity contribution in [3.63, 3.8) is 0 Å². The Labute approximate surface area is 110 Å². The second-order valence-electron chi connectivity index (χ2n) is 4.29. The summed E-state index contributed by atoms with van der Waals surface area (Å²) < 4.78 is 37.3. The lowest BCUT2D eigenvalue weighted by molar-refractivity contribution is -0.137. The fraction of sp³-hybridized carbons (Fsp3) is 0.538. The lowest BCUT2D eigenvalue weighted by Crippen LogP contribution is -2.29. The minimum absolute atomic E-state index is 0.134. The molecular weight excluding hydrogens is 257 g/mol. The fourth-order valence-corrected chi connectivity index (χ4v) is 1.75. The monoisotopic (exact) mass is 276 g/mol. The molecule has 0 aliphatic rings. The molecule has 0 aromatic heterocycles. The third kappa shape index (κ3) is 5.18. The van der Waals surface area contributed by atoms with E-state index >= 15 is 0 Å². The van der Waals surface area contributed by atoms with Crippen molar-refractivity contribution in [1.29, 1.82) is 0 Å². The maximum Gasteiger partial charge on any atom is 0.416 e. The third-order valence-electron chi connectivity index (χ3n) is 2.85. The molecule has 0 bridgehead atoms. The molecule has 0 amide bonds. The highest BCUT2D eigenvalue weighted by Gasteiger charge is 2.30. The van der Waals surface area contributed by atoms with Crippen molar-refractivity contribution >= 4 is 0 Å². The number of nitrogens with one attached hydrogen (secondary N) is 1. The Morgan fingerprint density at radius 3 is 2.26 bits per heavy atom. The molecule has 3 nitrogen and oxygen atoms in total. The van der Waals surface area contributed by atoms with E-state index in [1.807, 2.05) is 0 Å². The Hall–Kier alpha value is -1.11. The fourth-order valence-electron chi connectivity index (χ4n) is 1.75. The Kier molecular flexibility index (Phi) is 6.27. The summed E-state index contributed by atoms with van der Waals surface area (Å²) in [5.74, 6) is 0. The number of aliphatic hydroxyl groups is 1. The molecular formula is C13H19F3N2O. The van der Waals surface area contributed by atoms with Crippen molar-refractivity contribution < 1.29 is 18.3 Å². The molecule has 19 heavy (non-hydrogen) atoms. The minimum Gasteiger partial charge on any atom is -0.396 e. The number of hydrogen-bond acceptors (Lipinski definition) is 3. The van der Waals surface area contributed by atoms with E-state index in [2.05, 4.69) is 5.32 Å². The van der Waals surface area contributed by atoms with Crippen molar-refractivity contribution in [3.05, 3.63) is 35.4 Å². The van der Waals surface area contributed by atoms with Crippen LogP contribution in [0.15, 0.2) is 24.3 Å². The molecule has 0 heterocycles. The standard InChI is InChI=1S/C13H19F3N2O/c14-13(15,16)11-5-3-10(4-6-11)12(9-17)18-7-1-2-8-19/h3-6,12,18-19H,1-2,7-9,17H2. The van der Waals surface area contributed by atoms with Gasteiger partial charge in [0.15, 0.2) is 0 Å². The minimum atomic E-state index is -4.31. The molecule has 1 atom stereocenters. The normalized spacial score (nSPS) is 13.5. The second kappa shape index (κ2) is 7.47. The van der Waals surface area contributed by atoms with E-state index in [-0.39, 0.29) is 12.6 Å². The van der Waals surface area contributed by atoms with E-state index in [0.29, 0.717) is 19.5 Å². The first-order chi connectivity index (χ1) is 8.99. The molecule has 1 aromatic rings. The predicted molar refractivity (Wildman–Crippen MR) is 67.6 cm³/mol. The van der Waals surface area contributed by atoms with Gasteiger partial charge in [0, 0.05) is 19.2 Å². The van der Waals surface area contributed by atoms with Crippen molar-refractivity contribution in [1.82, 2.24) is 5.32 Å². The third-order valence-corrected chi connectivity index (χ3v) is 2.85. The largest absolute Gasteiger partial charge is 0.416 e. The number of halogens is 3. The van der Waals surface area contributed by atoms with E-state index in [0.717, 1.165) is 24.1 Å². The highest BCUT2D eigenvalue weighted by atomic mass is 19.4. The first-order valence-corrected chi connectivity index (χ1v) is 6.20. The Morgan fingerprint density at radius 2 is 1.79 bits per heavy atom. The summed E-state index contributed by atoms with van der Waals surface area (Å²) in [6.45, 7) is 1.11. The van der Waals surface area contributed by atoms with E-state index in [4.69, 9.17) is 10.8 Å². The second-order valence-corrected chi connectivity index (χ2v) is 4.29. The average molecular weight is 276 g/mol. The summed E-state index contributed by atoms with van der Waals surface area (Å²) in [6.07, 6.45) is -2.82. The van der Waals surface area contributed by atoms with Crippen LogP contribution in [0.4, 0.5) is 13.2 Å². The highest BCUT2D eigenvalue weighted by molar-refractivity contribution is 5.27. The Morgan fingerprint density at radius 1 is 1.16 bits per heavy atom. The van der Waals surface area contributed by atoms with Gasteiger partial charge in [-0.2, -0.15) is 13.2 Å². The number of aliphatic hydroxyl groups excluding tert-OH is 1. The zero-order chi connectivity index (χ0) is 14.3. The molecule has 0 aliphatic carbocycles. The van der Waals surface area contributed by atoms with Gasteiger partial charge in [-0.1, -0.05) is 12.1 Å². The van der Waals surface area contributed by atoms with Crippen molar-refractivity contribution in [2.45, 2.75) is 25.1 Å². The van der Waals surface area contributed by atoms with Crippen LogP contribution < -0.4 is 11.1 Å². The maximum absolute atomic E-state index is 12.4. The topological polar surface area (TPSA) is 58.3 Å². The summed E-state index contributed by atoms with van der Waals surface area (Å²) in [5, 5.41) is 11.8. The molecule has 1 rings (SSSR count). The summed E-state index contributed by atoms with van der Waals surface area (Å²) in [5.41, 5.74) is 5.69. The summed E-state index contributed by atoms with van der Waals surface area (Å²) >= 11 is 0. The molecule has 6 heteroatoms. The van der Waals surface area contributed by atoms with Crippen LogP contribution in [0, 0.1) is 0 Å². The van der Waals surface area contributed by atoms with Crippen LogP contribution in [-0.2, 0) is 6.18 Å².